The lowest BCUT2D eigenvalue weighted by Gasteiger charge is -2.23. The molecule has 0 radical (unpaired) electrons. The molecule has 2 aromatic rings. The average molecular weight is 674 g/mol. The molecule has 0 saturated heterocycles. The minimum absolute atomic E-state index is 0. The molecular weight excluding hydrogens is 616 g/mol. The van der Waals surface area contributed by atoms with Crippen molar-refractivity contribution in [1.29, 1.82) is 0 Å². The molecule has 1 aliphatic rings. The van der Waals surface area contributed by atoms with Crippen molar-refractivity contribution < 1.29 is 9.53 Å². The number of carbonyl (C=O) groups is 1. The molecule has 0 bridgehead atoms. The highest BCUT2D eigenvalue weighted by atomic mass is 79.9. The summed E-state index contributed by atoms with van der Waals surface area (Å²) >= 11 is 1.83. The van der Waals surface area contributed by atoms with Crippen LogP contribution in [0.3, 0.4) is 0 Å². The van der Waals surface area contributed by atoms with E-state index in [0.29, 0.717) is 6.42 Å². The van der Waals surface area contributed by atoms with Crippen molar-refractivity contribution >= 4 is 40.3 Å². The van der Waals surface area contributed by atoms with Crippen LogP contribution in [0.2, 0.25) is 0 Å². The maximum absolute atomic E-state index is 13.0. The maximum Gasteiger partial charge on any atom is 0.228 e. The first-order chi connectivity index (χ1) is 20.3. The number of allylic oxidation sites excluding steroid dienone is 1. The molecule has 1 heterocycles. The van der Waals surface area contributed by atoms with Crippen molar-refractivity contribution in [3.63, 3.8) is 0 Å². The molecule has 2 aromatic carbocycles. The van der Waals surface area contributed by atoms with E-state index in [9.17, 15) is 4.79 Å². The summed E-state index contributed by atoms with van der Waals surface area (Å²) in [6.07, 6.45) is 16.4. The van der Waals surface area contributed by atoms with Crippen molar-refractivity contribution in [3.05, 3.63) is 70.3 Å². The van der Waals surface area contributed by atoms with Crippen LogP contribution in [-0.4, -0.2) is 23.3 Å². The van der Waals surface area contributed by atoms with Crippen LogP contribution in [0, 0.1) is 0 Å². The average Bonchev–Trinajstić information content (AvgIpc) is 3.34. The van der Waals surface area contributed by atoms with Crippen molar-refractivity contribution in [2.75, 3.05) is 17.8 Å². The lowest BCUT2D eigenvalue weighted by atomic mass is 9.85. The Balaban J connectivity index is 0.00000645. The van der Waals surface area contributed by atoms with Gasteiger partial charge in [0.05, 0.1) is 18.9 Å². The summed E-state index contributed by atoms with van der Waals surface area (Å²) in [7, 11) is 0. The number of amides is 1. The molecule has 43 heavy (non-hydrogen) atoms. The molecule has 1 aliphatic heterocycles. The molecule has 6 heteroatoms. The molecule has 240 valence electrons. The first-order valence-electron chi connectivity index (χ1n) is 16.4. The highest BCUT2D eigenvalue weighted by Crippen LogP contribution is 2.33. The first kappa shape index (κ1) is 37.3. The minimum Gasteiger partial charge on any atom is -0.493 e. The zero-order chi connectivity index (χ0) is 30.2. The van der Waals surface area contributed by atoms with E-state index in [1.807, 2.05) is 23.9 Å². The van der Waals surface area contributed by atoms with Gasteiger partial charge in [-0.1, -0.05) is 123 Å². The second-order valence-corrected chi connectivity index (χ2v) is 13.8. The fraction of sp³-hybridized carbons (Fsp3) is 0.595. The van der Waals surface area contributed by atoms with E-state index in [-0.39, 0.29) is 28.3 Å². The number of thioether (sulfide) groups is 1. The molecular formula is C37H57BrN2O2S. The molecule has 4 nitrogen and oxygen atoms in total. The Morgan fingerprint density at radius 3 is 2.14 bits per heavy atom. The second kappa shape index (κ2) is 20.2. The molecule has 0 aliphatic carbocycles. The molecule has 1 amide bonds. The third-order valence-corrected chi connectivity index (χ3v) is 9.01. The fourth-order valence-electron chi connectivity index (χ4n) is 5.49. The van der Waals surface area contributed by atoms with Gasteiger partial charge in [-0.2, -0.15) is 0 Å². The van der Waals surface area contributed by atoms with Gasteiger partial charge in [0.25, 0.3) is 0 Å². The first-order valence-corrected chi connectivity index (χ1v) is 17.5. The van der Waals surface area contributed by atoms with Gasteiger partial charge in [-0.25, -0.2) is 0 Å². The number of benzene rings is 2. The molecule has 0 unspecified atom stereocenters. The van der Waals surface area contributed by atoms with E-state index >= 15 is 0 Å². The number of rotatable bonds is 19. The SMILES string of the molecule is Br.CCCCCCCCCCCCCCOc1cc(CC(=O)Nc2cccc(CN3CSC=C3C)c2)ccc1C(C)(C)C. The van der Waals surface area contributed by atoms with Crippen LogP contribution in [0.1, 0.15) is 128 Å². The van der Waals surface area contributed by atoms with Gasteiger partial charge in [0.15, 0.2) is 0 Å². The van der Waals surface area contributed by atoms with Gasteiger partial charge in [-0.3, -0.25) is 4.79 Å². The van der Waals surface area contributed by atoms with Crippen LogP contribution in [0.4, 0.5) is 5.69 Å². The lowest BCUT2D eigenvalue weighted by Crippen LogP contribution is -2.18. The summed E-state index contributed by atoms with van der Waals surface area (Å²) in [5.74, 6) is 1.90. The summed E-state index contributed by atoms with van der Waals surface area (Å²) < 4.78 is 6.34. The van der Waals surface area contributed by atoms with Crippen LogP contribution in [0.25, 0.3) is 0 Å². The van der Waals surface area contributed by atoms with E-state index in [4.69, 9.17) is 4.74 Å². The topological polar surface area (TPSA) is 41.6 Å². The Labute approximate surface area is 277 Å². The number of nitrogens with zero attached hydrogens (tertiary/aromatic N) is 1. The smallest absolute Gasteiger partial charge is 0.228 e. The third-order valence-electron chi connectivity index (χ3n) is 8.04. The van der Waals surface area contributed by atoms with Crippen LogP contribution in [-0.2, 0) is 23.2 Å². The van der Waals surface area contributed by atoms with Gasteiger partial charge in [0.2, 0.25) is 5.91 Å². The van der Waals surface area contributed by atoms with Crippen molar-refractivity contribution in [3.8, 4) is 5.75 Å². The maximum atomic E-state index is 13.0. The van der Waals surface area contributed by atoms with E-state index in [1.54, 1.807) is 0 Å². The van der Waals surface area contributed by atoms with Gasteiger partial charge in [-0.05, 0) is 59.1 Å². The number of hydrogen-bond acceptors (Lipinski definition) is 4. The Kier molecular flexibility index (Phi) is 17.5. The molecule has 0 saturated carbocycles. The third kappa shape index (κ3) is 14.2. The normalized spacial score (nSPS) is 13.0. The molecule has 1 N–H and O–H groups in total. The Morgan fingerprint density at radius 1 is 0.884 bits per heavy atom. The van der Waals surface area contributed by atoms with Gasteiger partial charge in [0, 0.05) is 17.9 Å². The lowest BCUT2D eigenvalue weighted by molar-refractivity contribution is -0.115. The van der Waals surface area contributed by atoms with Gasteiger partial charge in [0.1, 0.15) is 5.75 Å². The number of ether oxygens (including phenoxy) is 1. The van der Waals surface area contributed by atoms with E-state index < -0.39 is 0 Å². The number of carbonyl (C=O) groups excluding carboxylic acids is 1. The minimum atomic E-state index is -0.0194. The van der Waals surface area contributed by atoms with Crippen LogP contribution < -0.4 is 10.1 Å². The van der Waals surface area contributed by atoms with Gasteiger partial charge in [-0.15, -0.1) is 28.7 Å². The Hall–Kier alpha value is -1.92. The Morgan fingerprint density at radius 2 is 1.53 bits per heavy atom. The largest absolute Gasteiger partial charge is 0.493 e. The van der Waals surface area contributed by atoms with Crippen molar-refractivity contribution in [2.24, 2.45) is 0 Å². The summed E-state index contributed by atoms with van der Waals surface area (Å²) in [4.78, 5) is 15.3. The van der Waals surface area contributed by atoms with E-state index in [1.165, 1.54) is 87.5 Å². The van der Waals surface area contributed by atoms with Crippen molar-refractivity contribution in [1.82, 2.24) is 4.90 Å². The van der Waals surface area contributed by atoms with Crippen LogP contribution >= 0.6 is 28.7 Å². The summed E-state index contributed by atoms with van der Waals surface area (Å²) in [6.45, 7) is 12.7. The standard InChI is InChI=1S/C37H56N2O2S.BrH/c1-6-7-8-9-10-11-12-13-14-15-16-17-23-41-35-25-31(21-22-34(35)37(3,4)5)26-36(40)38-33-20-18-19-32(24-33)27-39-29-42-28-30(39)2;/h18-22,24-25,28H,6-17,23,26-27,29H2,1-5H3,(H,38,40);1H. The number of hydrogen-bond donors (Lipinski definition) is 1. The number of halogens is 1. The zero-order valence-corrected chi connectivity index (χ0v) is 30.0. The van der Waals surface area contributed by atoms with Crippen molar-refractivity contribution in [2.45, 2.75) is 130 Å². The van der Waals surface area contributed by atoms with Crippen LogP contribution in [0.5, 0.6) is 5.75 Å². The number of unbranched alkanes of at least 4 members (excludes halogenated alkanes) is 11. The molecule has 0 atom stereocenters. The summed E-state index contributed by atoms with van der Waals surface area (Å²) in [5, 5.41) is 5.31. The van der Waals surface area contributed by atoms with Crippen LogP contribution in [0.15, 0.2) is 53.6 Å². The molecule has 0 fully saturated rings. The second-order valence-electron chi connectivity index (χ2n) is 13.0. The van der Waals surface area contributed by atoms with E-state index in [0.717, 1.165) is 42.4 Å². The zero-order valence-electron chi connectivity index (χ0n) is 27.5. The quantitative estimate of drug-likeness (QED) is 0.151. The molecule has 3 rings (SSSR count). The predicted molar refractivity (Wildman–Crippen MR) is 193 cm³/mol. The fourth-order valence-corrected chi connectivity index (χ4v) is 6.43. The summed E-state index contributed by atoms with van der Waals surface area (Å²) in [5.41, 5.74) is 5.50. The molecule has 0 spiro atoms. The highest BCUT2D eigenvalue weighted by molar-refractivity contribution is 8.93. The number of anilines is 1. The van der Waals surface area contributed by atoms with E-state index in [2.05, 4.69) is 80.6 Å². The summed E-state index contributed by atoms with van der Waals surface area (Å²) in [6, 6.07) is 14.5. The monoisotopic (exact) mass is 672 g/mol. The highest BCUT2D eigenvalue weighted by Gasteiger charge is 2.20. The van der Waals surface area contributed by atoms with Gasteiger partial charge >= 0.3 is 0 Å². The Bertz CT molecular complexity index is 1130. The van der Waals surface area contributed by atoms with Gasteiger partial charge < -0.3 is 15.0 Å². The predicted octanol–water partition coefficient (Wildman–Crippen LogP) is 11.2. The molecule has 0 aromatic heterocycles. The number of nitrogens with one attached hydrogen (secondary N) is 1.